The van der Waals surface area contributed by atoms with Crippen LogP contribution in [0.2, 0.25) is 0 Å². The van der Waals surface area contributed by atoms with Crippen LogP contribution in [0.1, 0.15) is 23.0 Å². The predicted molar refractivity (Wildman–Crippen MR) is 91.5 cm³/mol. The van der Waals surface area contributed by atoms with Gasteiger partial charge in [0, 0.05) is 0 Å². The van der Waals surface area contributed by atoms with E-state index >= 15 is 0 Å². The number of fused-ring (bicyclic) bond motifs is 1. The summed E-state index contributed by atoms with van der Waals surface area (Å²) in [7, 11) is 2.08. The Bertz CT molecular complexity index is 784. The van der Waals surface area contributed by atoms with E-state index in [9.17, 15) is 0 Å². The lowest BCUT2D eigenvalue weighted by atomic mass is 10.3. The number of hydrogen-bond donors (Lipinski definition) is 0. The van der Waals surface area contributed by atoms with Crippen molar-refractivity contribution in [1.29, 1.82) is 0 Å². The second kappa shape index (κ2) is 5.92. The highest BCUT2D eigenvalue weighted by molar-refractivity contribution is 7.73. The van der Waals surface area contributed by atoms with Gasteiger partial charge in [0.1, 0.15) is 10.0 Å². The molecule has 0 bridgehead atoms. The van der Waals surface area contributed by atoms with Gasteiger partial charge in [0.05, 0.1) is 22.9 Å². The molecule has 0 unspecified atom stereocenters. The largest absolute Gasteiger partial charge is 0.278 e. The van der Waals surface area contributed by atoms with Crippen molar-refractivity contribution in [1.82, 2.24) is 19.7 Å². The number of hydrogen-bond acceptors (Lipinski definition) is 6. The molecule has 2 aromatic heterocycles. The van der Waals surface area contributed by atoms with Gasteiger partial charge in [0.25, 0.3) is 0 Å². The Morgan fingerprint density at radius 2 is 2.10 bits per heavy atom. The fraction of sp³-hybridized carbons (Fsp3) is 0.357. The molecule has 1 atom stereocenters. The summed E-state index contributed by atoms with van der Waals surface area (Å²) >= 11 is 8.62. The van der Waals surface area contributed by atoms with Gasteiger partial charge in [-0.15, -0.1) is 11.3 Å². The number of thiazole rings is 1. The Hall–Kier alpha value is -1.15. The lowest BCUT2D eigenvalue weighted by molar-refractivity contribution is 0.195. The molecule has 3 rings (SSSR count). The van der Waals surface area contributed by atoms with Crippen LogP contribution in [0.25, 0.3) is 10.2 Å². The monoisotopic (exact) mass is 336 g/mol. The summed E-state index contributed by atoms with van der Waals surface area (Å²) in [4.78, 5) is 6.94. The maximum atomic E-state index is 5.33. The average molecular weight is 337 g/mol. The number of aryl methyl sites for hydroxylation is 1. The maximum Gasteiger partial charge on any atom is 0.180 e. The minimum atomic E-state index is 0.228. The second-order valence-corrected chi connectivity index (χ2v) is 7.87. The van der Waals surface area contributed by atoms with E-state index in [0.717, 1.165) is 19.5 Å². The van der Waals surface area contributed by atoms with Gasteiger partial charge in [0.15, 0.2) is 3.95 Å². The summed E-state index contributed by atoms with van der Waals surface area (Å²) < 4.78 is 3.92. The van der Waals surface area contributed by atoms with E-state index in [0.29, 0.717) is 6.67 Å². The number of rotatable bonds is 4. The summed E-state index contributed by atoms with van der Waals surface area (Å²) in [6, 6.07) is 8.48. The Morgan fingerprint density at radius 1 is 1.33 bits per heavy atom. The third kappa shape index (κ3) is 3.06. The van der Waals surface area contributed by atoms with Crippen LogP contribution in [0.3, 0.4) is 0 Å². The van der Waals surface area contributed by atoms with Crippen LogP contribution in [0, 0.1) is 10.9 Å². The van der Waals surface area contributed by atoms with Crippen molar-refractivity contribution in [2.24, 2.45) is 0 Å². The molecule has 0 aliphatic rings. The number of benzene rings is 1. The highest BCUT2D eigenvalue weighted by Crippen LogP contribution is 2.29. The standard InChI is InChI=1S/C14H16N4S3/c1-9(13-15-11-6-4-5-7-12(11)21-13)17(3)8-18-14(19)20-10(2)16-18/h4-7,9H,8H2,1-3H3/t9-/m0/s1. The molecule has 1 aromatic carbocycles. The van der Waals surface area contributed by atoms with Crippen molar-refractivity contribution in [3.8, 4) is 0 Å². The van der Waals surface area contributed by atoms with Gasteiger partial charge in [-0.05, 0) is 45.2 Å². The van der Waals surface area contributed by atoms with E-state index in [-0.39, 0.29) is 6.04 Å². The van der Waals surface area contributed by atoms with Crippen LogP contribution >= 0.6 is 34.9 Å². The fourth-order valence-corrected chi connectivity index (χ4v) is 4.23. The first kappa shape index (κ1) is 14.8. The van der Waals surface area contributed by atoms with Gasteiger partial charge < -0.3 is 0 Å². The van der Waals surface area contributed by atoms with Crippen molar-refractivity contribution < 1.29 is 0 Å². The van der Waals surface area contributed by atoms with Crippen LogP contribution < -0.4 is 0 Å². The molecule has 4 nitrogen and oxygen atoms in total. The summed E-state index contributed by atoms with van der Waals surface area (Å²) in [5.41, 5.74) is 1.07. The lowest BCUT2D eigenvalue weighted by Gasteiger charge is -2.22. The molecule has 21 heavy (non-hydrogen) atoms. The van der Waals surface area contributed by atoms with Crippen LogP contribution in [0.4, 0.5) is 0 Å². The average Bonchev–Trinajstić information content (AvgIpc) is 3.01. The molecule has 2 heterocycles. The SMILES string of the molecule is Cc1nn(CN(C)[C@@H](C)c2nc3ccccc3s2)c(=S)s1. The summed E-state index contributed by atoms with van der Waals surface area (Å²) in [6.07, 6.45) is 0. The summed E-state index contributed by atoms with van der Waals surface area (Å²) in [5.74, 6) is 0. The number of para-hydroxylation sites is 1. The molecule has 0 amide bonds. The van der Waals surface area contributed by atoms with E-state index in [1.807, 2.05) is 17.7 Å². The summed E-state index contributed by atoms with van der Waals surface area (Å²) in [6.45, 7) is 4.83. The van der Waals surface area contributed by atoms with Gasteiger partial charge in [-0.3, -0.25) is 4.90 Å². The second-order valence-electron chi connectivity index (χ2n) is 4.98. The topological polar surface area (TPSA) is 34.0 Å². The zero-order valence-corrected chi connectivity index (χ0v) is 14.6. The molecule has 0 aliphatic carbocycles. The normalized spacial score (nSPS) is 13.1. The van der Waals surface area contributed by atoms with E-state index in [2.05, 4.69) is 42.2 Å². The predicted octanol–water partition coefficient (Wildman–Crippen LogP) is 4.24. The fourth-order valence-electron chi connectivity index (χ4n) is 2.09. The van der Waals surface area contributed by atoms with Crippen LogP contribution in [0.5, 0.6) is 0 Å². The molecule has 110 valence electrons. The third-order valence-corrected chi connectivity index (χ3v) is 5.82. The molecule has 0 fully saturated rings. The Balaban J connectivity index is 1.82. The highest BCUT2D eigenvalue weighted by Gasteiger charge is 2.17. The molecule has 0 spiro atoms. The van der Waals surface area contributed by atoms with Crippen molar-refractivity contribution in [2.45, 2.75) is 26.6 Å². The van der Waals surface area contributed by atoms with E-state index < -0.39 is 0 Å². The quantitative estimate of drug-likeness (QED) is 0.667. The Labute approximate surface area is 136 Å². The lowest BCUT2D eigenvalue weighted by Crippen LogP contribution is -2.26. The maximum absolute atomic E-state index is 5.33. The van der Waals surface area contributed by atoms with E-state index in [1.165, 1.54) is 4.70 Å². The first-order valence-electron chi connectivity index (χ1n) is 6.65. The van der Waals surface area contributed by atoms with E-state index in [4.69, 9.17) is 17.2 Å². The van der Waals surface area contributed by atoms with Crippen LogP contribution in [0.15, 0.2) is 24.3 Å². The third-order valence-electron chi connectivity index (χ3n) is 3.39. The van der Waals surface area contributed by atoms with Gasteiger partial charge in [-0.1, -0.05) is 23.5 Å². The van der Waals surface area contributed by atoms with Crippen molar-refractivity contribution in [3.63, 3.8) is 0 Å². The number of aromatic nitrogens is 3. The Morgan fingerprint density at radius 3 is 2.76 bits per heavy atom. The molecule has 0 saturated carbocycles. The molecule has 0 saturated heterocycles. The minimum Gasteiger partial charge on any atom is -0.278 e. The minimum absolute atomic E-state index is 0.228. The van der Waals surface area contributed by atoms with Crippen molar-refractivity contribution >= 4 is 45.1 Å². The van der Waals surface area contributed by atoms with Crippen LogP contribution in [-0.2, 0) is 6.67 Å². The van der Waals surface area contributed by atoms with Gasteiger partial charge in [0.2, 0.25) is 0 Å². The molecule has 3 aromatic rings. The Kier molecular flexibility index (Phi) is 4.17. The molecule has 0 radical (unpaired) electrons. The first-order valence-corrected chi connectivity index (χ1v) is 8.69. The molecular weight excluding hydrogens is 320 g/mol. The number of nitrogens with zero attached hydrogens (tertiary/aromatic N) is 4. The van der Waals surface area contributed by atoms with Gasteiger partial charge >= 0.3 is 0 Å². The first-order chi connectivity index (χ1) is 10.0. The zero-order valence-electron chi connectivity index (χ0n) is 12.1. The van der Waals surface area contributed by atoms with Gasteiger partial charge in [-0.25, -0.2) is 9.67 Å². The smallest absolute Gasteiger partial charge is 0.180 e. The molecule has 7 heteroatoms. The van der Waals surface area contributed by atoms with Crippen molar-refractivity contribution in [3.05, 3.63) is 38.2 Å². The van der Waals surface area contributed by atoms with Crippen molar-refractivity contribution in [2.75, 3.05) is 7.05 Å². The van der Waals surface area contributed by atoms with Crippen LogP contribution in [-0.4, -0.2) is 26.7 Å². The molecule has 0 aliphatic heterocycles. The summed E-state index contributed by atoms with van der Waals surface area (Å²) in [5, 5.41) is 6.56. The van der Waals surface area contributed by atoms with E-state index in [1.54, 1.807) is 22.7 Å². The zero-order chi connectivity index (χ0) is 15.0. The van der Waals surface area contributed by atoms with Gasteiger partial charge in [-0.2, -0.15) is 5.10 Å². The highest BCUT2D eigenvalue weighted by atomic mass is 32.1. The molecular formula is C14H16N4S3. The molecule has 0 N–H and O–H groups in total.